The van der Waals surface area contributed by atoms with Crippen LogP contribution in [0.3, 0.4) is 0 Å². The van der Waals surface area contributed by atoms with Gasteiger partial charge in [0.25, 0.3) is 0 Å². The number of carbonyl (C=O) groups is 1. The first kappa shape index (κ1) is 13.1. The third kappa shape index (κ3) is 3.33. The van der Waals surface area contributed by atoms with Gasteiger partial charge in [-0.2, -0.15) is 0 Å². The average Bonchev–Trinajstić information content (AvgIpc) is 2.27. The van der Waals surface area contributed by atoms with E-state index in [1.54, 1.807) is 0 Å². The van der Waals surface area contributed by atoms with Crippen LogP contribution in [0.1, 0.15) is 36.0 Å². The number of hydrogen-bond acceptors (Lipinski definition) is 3. The number of rotatable bonds is 2. The maximum atomic E-state index is 11.0. The molecule has 98 valence electrons. The van der Waals surface area contributed by atoms with Crippen molar-refractivity contribution in [1.82, 2.24) is 5.32 Å². The minimum atomic E-state index is -0.192. The third-order valence-corrected chi connectivity index (χ3v) is 3.36. The Morgan fingerprint density at radius 2 is 1.89 bits per heavy atom. The Balaban J connectivity index is 2.10. The molecule has 0 aromatic heterocycles. The van der Waals surface area contributed by atoms with Crippen molar-refractivity contribution >= 4 is 5.97 Å². The average molecular weight is 247 g/mol. The molecule has 18 heavy (non-hydrogen) atoms. The highest BCUT2D eigenvalue weighted by Crippen LogP contribution is 2.26. The molecule has 1 aromatic carbocycles. The van der Waals surface area contributed by atoms with Crippen molar-refractivity contribution in [2.24, 2.45) is 0 Å². The number of benzene rings is 1. The molecule has 2 unspecified atom stereocenters. The molecular formula is C15H21NO2. The van der Waals surface area contributed by atoms with Gasteiger partial charge in [0, 0.05) is 20.0 Å². The second kappa shape index (κ2) is 5.53. The number of hydrogen-bond donors (Lipinski definition) is 1. The summed E-state index contributed by atoms with van der Waals surface area (Å²) in [7, 11) is 0. The molecule has 1 fully saturated rings. The van der Waals surface area contributed by atoms with Crippen molar-refractivity contribution in [1.29, 1.82) is 0 Å². The van der Waals surface area contributed by atoms with E-state index in [2.05, 4.69) is 37.4 Å². The normalized spacial score (nSPS) is 23.7. The molecule has 0 amide bonds. The lowest BCUT2D eigenvalue weighted by atomic mass is 9.88. The second-order valence-electron chi connectivity index (χ2n) is 5.24. The smallest absolute Gasteiger partial charge is 0.302 e. The molecule has 0 spiro atoms. The highest BCUT2D eigenvalue weighted by atomic mass is 16.5. The van der Waals surface area contributed by atoms with Crippen molar-refractivity contribution in [2.45, 2.75) is 39.2 Å². The quantitative estimate of drug-likeness (QED) is 0.815. The van der Waals surface area contributed by atoms with Gasteiger partial charge in [0.2, 0.25) is 0 Å². The summed E-state index contributed by atoms with van der Waals surface area (Å²) in [5.41, 5.74) is 3.93. The van der Waals surface area contributed by atoms with Crippen molar-refractivity contribution in [2.75, 3.05) is 13.1 Å². The summed E-state index contributed by atoms with van der Waals surface area (Å²) in [5.74, 6) is 0.240. The maximum Gasteiger partial charge on any atom is 0.302 e. The minimum Gasteiger partial charge on any atom is -0.461 e. The van der Waals surface area contributed by atoms with E-state index in [4.69, 9.17) is 4.74 Å². The van der Waals surface area contributed by atoms with Crippen molar-refractivity contribution in [3.05, 3.63) is 34.9 Å². The van der Waals surface area contributed by atoms with Crippen LogP contribution in [0.25, 0.3) is 0 Å². The van der Waals surface area contributed by atoms with Gasteiger partial charge in [-0.1, -0.05) is 29.3 Å². The Hall–Kier alpha value is -1.35. The lowest BCUT2D eigenvalue weighted by Crippen LogP contribution is -2.40. The van der Waals surface area contributed by atoms with Crippen molar-refractivity contribution in [3.63, 3.8) is 0 Å². The first-order chi connectivity index (χ1) is 8.54. The van der Waals surface area contributed by atoms with Gasteiger partial charge in [-0.15, -0.1) is 0 Å². The molecule has 2 rings (SSSR count). The fraction of sp³-hybridized carbons (Fsp3) is 0.533. The molecule has 0 bridgehead atoms. The van der Waals surface area contributed by atoms with E-state index >= 15 is 0 Å². The van der Waals surface area contributed by atoms with Gasteiger partial charge in [0.1, 0.15) is 6.10 Å². The van der Waals surface area contributed by atoms with Crippen LogP contribution in [0.5, 0.6) is 0 Å². The number of carbonyl (C=O) groups excluding carboxylic acids is 1. The molecule has 1 heterocycles. The van der Waals surface area contributed by atoms with Gasteiger partial charge < -0.3 is 10.1 Å². The summed E-state index contributed by atoms with van der Waals surface area (Å²) in [6, 6.07) is 6.65. The van der Waals surface area contributed by atoms with Gasteiger partial charge in [0.05, 0.1) is 0 Å². The maximum absolute atomic E-state index is 11.0. The summed E-state index contributed by atoms with van der Waals surface area (Å²) in [4.78, 5) is 11.0. The van der Waals surface area contributed by atoms with Crippen molar-refractivity contribution < 1.29 is 9.53 Å². The first-order valence-corrected chi connectivity index (χ1v) is 6.50. The monoisotopic (exact) mass is 247 g/mol. The van der Waals surface area contributed by atoms with Crippen LogP contribution in [0.2, 0.25) is 0 Å². The van der Waals surface area contributed by atoms with Crippen molar-refractivity contribution in [3.8, 4) is 0 Å². The molecule has 0 saturated carbocycles. The van der Waals surface area contributed by atoms with Gasteiger partial charge in [0.15, 0.2) is 0 Å². The number of ether oxygens (including phenoxy) is 1. The Morgan fingerprint density at radius 3 is 2.50 bits per heavy atom. The number of aryl methyl sites for hydroxylation is 2. The highest BCUT2D eigenvalue weighted by Gasteiger charge is 2.25. The molecule has 1 saturated heterocycles. The van der Waals surface area contributed by atoms with E-state index in [1.165, 1.54) is 23.6 Å². The lowest BCUT2D eigenvalue weighted by Gasteiger charge is -2.30. The largest absolute Gasteiger partial charge is 0.461 e. The molecule has 1 aliphatic rings. The third-order valence-electron chi connectivity index (χ3n) is 3.36. The molecular weight excluding hydrogens is 226 g/mol. The van der Waals surface area contributed by atoms with E-state index in [-0.39, 0.29) is 12.1 Å². The number of piperidine rings is 1. The predicted octanol–water partition coefficient (Wildman–Crippen LogP) is 2.31. The number of nitrogens with one attached hydrogen (secondary N) is 1. The van der Waals surface area contributed by atoms with E-state index < -0.39 is 0 Å². The van der Waals surface area contributed by atoms with Gasteiger partial charge in [-0.05, 0) is 31.7 Å². The fourth-order valence-electron chi connectivity index (χ4n) is 2.73. The van der Waals surface area contributed by atoms with E-state index in [9.17, 15) is 4.79 Å². The van der Waals surface area contributed by atoms with Crippen LogP contribution in [-0.2, 0) is 9.53 Å². The zero-order valence-corrected chi connectivity index (χ0v) is 11.3. The second-order valence-corrected chi connectivity index (χ2v) is 5.24. The summed E-state index contributed by atoms with van der Waals surface area (Å²) in [6.45, 7) is 7.44. The highest BCUT2D eigenvalue weighted by molar-refractivity contribution is 5.66. The van der Waals surface area contributed by atoms with E-state index in [0.29, 0.717) is 5.92 Å². The van der Waals surface area contributed by atoms with Crippen LogP contribution >= 0.6 is 0 Å². The Morgan fingerprint density at radius 1 is 1.22 bits per heavy atom. The van der Waals surface area contributed by atoms with Crippen LogP contribution < -0.4 is 5.32 Å². The minimum absolute atomic E-state index is 0.00192. The summed E-state index contributed by atoms with van der Waals surface area (Å²) >= 11 is 0. The van der Waals surface area contributed by atoms with Gasteiger partial charge in [-0.3, -0.25) is 4.79 Å². The summed E-state index contributed by atoms with van der Waals surface area (Å²) in [5, 5.41) is 3.35. The molecule has 3 heteroatoms. The standard InChI is InChI=1S/C15H21NO2/c1-10-4-11(2)6-13(5-10)14-7-15(9-16-8-14)18-12(3)17/h4-6,14-16H,7-9H2,1-3H3. The van der Waals surface area contributed by atoms with Gasteiger partial charge in [-0.25, -0.2) is 0 Å². The Bertz CT molecular complexity index is 422. The fourth-order valence-corrected chi connectivity index (χ4v) is 2.73. The Kier molecular flexibility index (Phi) is 4.02. The summed E-state index contributed by atoms with van der Waals surface area (Å²) < 4.78 is 5.30. The molecule has 0 aliphatic carbocycles. The Labute approximate surface area is 109 Å². The molecule has 2 atom stereocenters. The predicted molar refractivity (Wildman–Crippen MR) is 71.7 cm³/mol. The van der Waals surface area contributed by atoms with Crippen LogP contribution in [0, 0.1) is 13.8 Å². The molecule has 1 N–H and O–H groups in total. The molecule has 1 aliphatic heterocycles. The summed E-state index contributed by atoms with van der Waals surface area (Å²) in [6.07, 6.45) is 0.914. The zero-order valence-electron chi connectivity index (χ0n) is 11.3. The van der Waals surface area contributed by atoms with Crippen LogP contribution in [0.15, 0.2) is 18.2 Å². The van der Waals surface area contributed by atoms with Crippen LogP contribution in [0.4, 0.5) is 0 Å². The first-order valence-electron chi connectivity index (χ1n) is 6.50. The molecule has 1 aromatic rings. The van der Waals surface area contributed by atoms with E-state index in [1.807, 2.05) is 0 Å². The van der Waals surface area contributed by atoms with Crippen LogP contribution in [-0.4, -0.2) is 25.2 Å². The lowest BCUT2D eigenvalue weighted by molar-refractivity contribution is -0.147. The van der Waals surface area contributed by atoms with Gasteiger partial charge >= 0.3 is 5.97 Å². The SMILES string of the molecule is CC(=O)OC1CNCC(c2cc(C)cc(C)c2)C1. The molecule has 0 radical (unpaired) electrons. The zero-order chi connectivity index (χ0) is 13.1. The molecule has 3 nitrogen and oxygen atoms in total. The topological polar surface area (TPSA) is 38.3 Å². The number of esters is 1. The van der Waals surface area contributed by atoms with E-state index in [0.717, 1.165) is 19.5 Å².